The third-order valence-electron chi connectivity index (χ3n) is 2.82. The predicted octanol–water partition coefficient (Wildman–Crippen LogP) is 2.40. The van der Waals surface area contributed by atoms with Gasteiger partial charge in [-0.05, 0) is 33.4 Å². The Hall–Kier alpha value is -1.55. The van der Waals surface area contributed by atoms with E-state index in [4.69, 9.17) is 4.74 Å². The van der Waals surface area contributed by atoms with Gasteiger partial charge in [0.1, 0.15) is 5.75 Å². The average molecular weight is 278 g/mol. The van der Waals surface area contributed by atoms with Crippen LogP contribution in [0.4, 0.5) is 0 Å². The van der Waals surface area contributed by atoms with E-state index in [1.807, 2.05) is 26.0 Å². The highest BCUT2D eigenvalue weighted by Gasteiger charge is 2.06. The van der Waals surface area contributed by atoms with Gasteiger partial charge < -0.3 is 15.4 Å². The van der Waals surface area contributed by atoms with Crippen molar-refractivity contribution < 1.29 is 9.53 Å². The zero-order valence-corrected chi connectivity index (χ0v) is 13.0. The minimum Gasteiger partial charge on any atom is -0.493 e. The summed E-state index contributed by atoms with van der Waals surface area (Å²) in [5.74, 6) is 0.884. The fourth-order valence-corrected chi connectivity index (χ4v) is 1.89. The van der Waals surface area contributed by atoms with Crippen molar-refractivity contribution in [3.05, 3.63) is 29.3 Å². The van der Waals surface area contributed by atoms with Crippen molar-refractivity contribution in [1.82, 2.24) is 10.6 Å². The largest absolute Gasteiger partial charge is 0.493 e. The summed E-state index contributed by atoms with van der Waals surface area (Å²) in [5.41, 5.74) is 2.35. The quantitative estimate of drug-likeness (QED) is 0.767. The normalized spacial score (nSPS) is 10.7. The van der Waals surface area contributed by atoms with Crippen LogP contribution in [0.3, 0.4) is 0 Å². The maximum atomic E-state index is 11.6. The molecule has 112 valence electrons. The van der Waals surface area contributed by atoms with Gasteiger partial charge in [0, 0.05) is 18.2 Å². The Morgan fingerprint density at radius 3 is 2.75 bits per heavy atom. The van der Waals surface area contributed by atoms with Crippen LogP contribution in [-0.4, -0.2) is 25.1 Å². The topological polar surface area (TPSA) is 50.4 Å². The van der Waals surface area contributed by atoms with Gasteiger partial charge in [0.05, 0.1) is 13.0 Å². The van der Waals surface area contributed by atoms with Crippen molar-refractivity contribution in [3.63, 3.8) is 0 Å². The van der Waals surface area contributed by atoms with E-state index < -0.39 is 0 Å². The highest BCUT2D eigenvalue weighted by atomic mass is 16.5. The second kappa shape index (κ2) is 8.59. The number of ether oxygens (including phenoxy) is 1. The molecule has 1 aromatic rings. The smallest absolute Gasteiger partial charge is 0.223 e. The molecular weight excluding hydrogens is 252 g/mol. The van der Waals surface area contributed by atoms with Gasteiger partial charge in [0.15, 0.2) is 0 Å². The van der Waals surface area contributed by atoms with Crippen LogP contribution in [0.2, 0.25) is 0 Å². The summed E-state index contributed by atoms with van der Waals surface area (Å²) in [4.78, 5) is 11.6. The third-order valence-corrected chi connectivity index (χ3v) is 2.82. The molecule has 0 aromatic heterocycles. The summed E-state index contributed by atoms with van der Waals surface area (Å²) in [5, 5.41) is 6.15. The van der Waals surface area contributed by atoms with Crippen molar-refractivity contribution in [2.45, 2.75) is 46.7 Å². The number of rotatable bonds is 8. The summed E-state index contributed by atoms with van der Waals surface area (Å²) < 4.78 is 5.74. The van der Waals surface area contributed by atoms with Crippen LogP contribution in [0.15, 0.2) is 18.2 Å². The Bertz CT molecular complexity index is 430. The molecule has 0 spiro atoms. The molecule has 0 saturated carbocycles. The molecule has 2 N–H and O–H groups in total. The first-order valence-electron chi connectivity index (χ1n) is 7.25. The van der Waals surface area contributed by atoms with Crippen LogP contribution in [0.5, 0.6) is 5.75 Å². The predicted molar refractivity (Wildman–Crippen MR) is 82.0 cm³/mol. The lowest BCUT2D eigenvalue weighted by Gasteiger charge is -2.13. The number of nitrogens with one attached hydrogen (secondary N) is 2. The van der Waals surface area contributed by atoms with E-state index in [-0.39, 0.29) is 11.9 Å². The lowest BCUT2D eigenvalue weighted by atomic mass is 10.1. The molecule has 0 radical (unpaired) electrons. The maximum absolute atomic E-state index is 11.6. The van der Waals surface area contributed by atoms with E-state index in [9.17, 15) is 4.79 Å². The summed E-state index contributed by atoms with van der Waals surface area (Å²) in [6.45, 7) is 10.2. The lowest BCUT2D eigenvalue weighted by Crippen LogP contribution is -2.31. The van der Waals surface area contributed by atoms with Crippen LogP contribution < -0.4 is 15.4 Å². The first kappa shape index (κ1) is 16.5. The van der Waals surface area contributed by atoms with Gasteiger partial charge in [-0.15, -0.1) is 0 Å². The number of amides is 1. The zero-order chi connectivity index (χ0) is 15.0. The van der Waals surface area contributed by atoms with Gasteiger partial charge in [-0.1, -0.05) is 24.6 Å². The van der Waals surface area contributed by atoms with Gasteiger partial charge in [0.2, 0.25) is 5.91 Å². The second-order valence-corrected chi connectivity index (χ2v) is 5.21. The number of aryl methyl sites for hydroxylation is 1. The van der Waals surface area contributed by atoms with E-state index in [1.54, 1.807) is 0 Å². The van der Waals surface area contributed by atoms with Crippen molar-refractivity contribution in [1.29, 1.82) is 0 Å². The molecular formula is C16H26N2O2. The lowest BCUT2D eigenvalue weighted by molar-refractivity contribution is -0.122. The third kappa shape index (κ3) is 6.06. The highest BCUT2D eigenvalue weighted by molar-refractivity contribution is 5.76. The molecule has 0 heterocycles. The van der Waals surface area contributed by atoms with Crippen LogP contribution in [0, 0.1) is 6.92 Å². The zero-order valence-electron chi connectivity index (χ0n) is 13.0. The van der Waals surface area contributed by atoms with E-state index in [2.05, 4.69) is 30.5 Å². The summed E-state index contributed by atoms with van der Waals surface area (Å²) in [7, 11) is 0. The molecule has 0 aliphatic heterocycles. The van der Waals surface area contributed by atoms with Gasteiger partial charge in [-0.25, -0.2) is 0 Å². The number of benzene rings is 1. The second-order valence-electron chi connectivity index (χ2n) is 5.21. The number of hydrogen-bond acceptors (Lipinski definition) is 3. The summed E-state index contributed by atoms with van der Waals surface area (Å²) >= 11 is 0. The van der Waals surface area contributed by atoms with Crippen molar-refractivity contribution in [2.75, 3.05) is 13.2 Å². The van der Waals surface area contributed by atoms with Crippen molar-refractivity contribution >= 4 is 5.91 Å². The summed E-state index contributed by atoms with van der Waals surface area (Å²) in [6.07, 6.45) is 0.382. The molecule has 0 fully saturated rings. The van der Waals surface area contributed by atoms with E-state index in [1.165, 1.54) is 5.56 Å². The Balaban J connectivity index is 2.52. The van der Waals surface area contributed by atoms with Crippen molar-refractivity contribution in [2.24, 2.45) is 0 Å². The van der Waals surface area contributed by atoms with Crippen LogP contribution >= 0.6 is 0 Å². The Morgan fingerprint density at radius 2 is 2.10 bits per heavy atom. The molecule has 1 aromatic carbocycles. The Morgan fingerprint density at radius 1 is 1.35 bits per heavy atom. The molecule has 0 bridgehead atoms. The summed E-state index contributed by atoms with van der Waals surface area (Å²) in [6, 6.07) is 6.29. The molecule has 0 aliphatic rings. The van der Waals surface area contributed by atoms with Crippen LogP contribution in [0.25, 0.3) is 0 Å². The fourth-order valence-electron chi connectivity index (χ4n) is 1.89. The van der Waals surface area contributed by atoms with E-state index in [0.29, 0.717) is 13.0 Å². The average Bonchev–Trinajstić information content (AvgIpc) is 2.37. The van der Waals surface area contributed by atoms with Crippen LogP contribution in [0.1, 0.15) is 38.3 Å². The molecule has 0 atom stereocenters. The van der Waals surface area contributed by atoms with Gasteiger partial charge in [0.25, 0.3) is 0 Å². The highest BCUT2D eigenvalue weighted by Crippen LogP contribution is 2.20. The minimum atomic E-state index is 0.0281. The molecule has 20 heavy (non-hydrogen) atoms. The fraction of sp³-hybridized carbons (Fsp3) is 0.562. The maximum Gasteiger partial charge on any atom is 0.223 e. The Kier molecular flexibility index (Phi) is 7.09. The molecule has 0 aliphatic carbocycles. The van der Waals surface area contributed by atoms with Crippen LogP contribution in [-0.2, 0) is 11.3 Å². The monoisotopic (exact) mass is 278 g/mol. The number of hydrogen-bond donors (Lipinski definition) is 2. The van der Waals surface area contributed by atoms with Gasteiger partial charge >= 0.3 is 0 Å². The van der Waals surface area contributed by atoms with Crippen molar-refractivity contribution in [3.8, 4) is 5.75 Å². The molecule has 4 nitrogen and oxygen atoms in total. The molecule has 0 saturated heterocycles. The SMILES string of the molecule is CCNCc1cc(C)ccc1OCCC(=O)NC(C)C. The van der Waals surface area contributed by atoms with Gasteiger partial charge in [-0.3, -0.25) is 4.79 Å². The standard InChI is InChI=1S/C16H26N2O2/c1-5-17-11-14-10-13(4)6-7-15(14)20-9-8-16(19)18-12(2)3/h6-7,10,12,17H,5,8-9,11H2,1-4H3,(H,18,19). The Labute approximate surface area is 121 Å². The number of carbonyl (C=O) groups excluding carboxylic acids is 1. The first-order valence-corrected chi connectivity index (χ1v) is 7.25. The van der Waals surface area contributed by atoms with E-state index in [0.717, 1.165) is 24.4 Å². The first-order chi connectivity index (χ1) is 9.52. The number of carbonyl (C=O) groups is 1. The minimum absolute atomic E-state index is 0.0281. The molecule has 0 unspecified atom stereocenters. The van der Waals surface area contributed by atoms with Gasteiger partial charge in [-0.2, -0.15) is 0 Å². The molecule has 1 rings (SSSR count). The molecule has 4 heteroatoms. The van der Waals surface area contributed by atoms with E-state index >= 15 is 0 Å². The molecule has 1 amide bonds.